The number of H-pyrrole nitrogens is 2. The molecule has 3 aliphatic rings. The van der Waals surface area contributed by atoms with E-state index < -0.39 is 24.3 Å². The number of cyclic esters (lactones) is 1. The lowest BCUT2D eigenvalue weighted by molar-refractivity contribution is -0.138. The molecule has 3 saturated heterocycles. The molecule has 4 amide bonds. The minimum atomic E-state index is -0.703. The van der Waals surface area contributed by atoms with Crippen LogP contribution >= 0.6 is 0 Å². The summed E-state index contributed by atoms with van der Waals surface area (Å²) in [5.41, 5.74) is 7.59. The molecular weight excluding hydrogens is 749 g/mol. The molecule has 3 aromatic carbocycles. The first-order valence-corrected chi connectivity index (χ1v) is 20.8. The third kappa shape index (κ3) is 7.72. The predicted molar refractivity (Wildman–Crippen MR) is 224 cm³/mol. The standard InChI is InChI=1S/C45H54N8O6/c1-24(2)38(50-44(56)58-7)42(54)52-22-26(5)18-36(52)40-46-32-14-12-30(20-34(32)48-40)28-8-10-29(11-9-28)31-13-15-33-35(21-31)49-41(47-33)37-19-27(6)23-53(37)43(55)39(25(3)4)51-16-17-59-45(51)57/h8-15,20-21,24-27,36-39H,16-19,22-23H2,1-7H3,(H,46,48)(H,47,49)(H,50,56)/t26-,27-,36-,37-,38-,39-/m0/s1. The number of hydrogen-bond donors (Lipinski definition) is 3. The average Bonchev–Trinajstić information content (AvgIpc) is 4.06. The fourth-order valence-corrected chi connectivity index (χ4v) is 9.16. The molecule has 0 aliphatic carbocycles. The first kappa shape index (κ1) is 39.9. The molecule has 3 aliphatic heterocycles. The summed E-state index contributed by atoms with van der Waals surface area (Å²) in [4.78, 5) is 74.7. The number of alkyl carbamates (subject to hydrolysis) is 1. The van der Waals surface area contributed by atoms with Crippen molar-refractivity contribution in [2.45, 2.75) is 78.6 Å². The highest BCUT2D eigenvalue weighted by Gasteiger charge is 2.44. The maximum atomic E-state index is 14.1. The number of nitrogens with one attached hydrogen (secondary N) is 3. The van der Waals surface area contributed by atoms with Gasteiger partial charge in [0, 0.05) is 13.1 Å². The van der Waals surface area contributed by atoms with Crippen molar-refractivity contribution in [3.63, 3.8) is 0 Å². The van der Waals surface area contributed by atoms with Gasteiger partial charge in [-0.15, -0.1) is 0 Å². The zero-order valence-corrected chi connectivity index (χ0v) is 34.8. The number of carbonyl (C=O) groups excluding carboxylic acids is 4. The molecule has 5 aromatic rings. The molecule has 310 valence electrons. The van der Waals surface area contributed by atoms with Crippen molar-refractivity contribution in [3.8, 4) is 22.3 Å². The Balaban J connectivity index is 0.993. The molecule has 3 fully saturated rings. The maximum Gasteiger partial charge on any atom is 0.410 e. The number of aromatic nitrogens is 4. The van der Waals surface area contributed by atoms with E-state index in [-0.39, 0.29) is 41.7 Å². The molecule has 6 atom stereocenters. The molecule has 3 N–H and O–H groups in total. The van der Waals surface area contributed by atoms with Gasteiger partial charge >= 0.3 is 12.2 Å². The SMILES string of the molecule is COC(=O)N[C@H](C(=O)N1C[C@@H](C)C[C@H]1c1nc2cc(-c3ccc(-c4ccc5[nH]c([C@@H]6C[C@H](C)CN6C(=O)[C@H](C(C)C)N6CCOC6=O)nc5c4)cc3)ccc2[nH]1)C(C)C. The van der Waals surface area contributed by atoms with E-state index in [0.717, 1.165) is 68.8 Å². The quantitative estimate of drug-likeness (QED) is 0.131. The van der Waals surface area contributed by atoms with Crippen LogP contribution in [0.15, 0.2) is 60.7 Å². The summed E-state index contributed by atoms with van der Waals surface area (Å²) < 4.78 is 9.99. The van der Waals surface area contributed by atoms with Crippen molar-refractivity contribution < 1.29 is 28.7 Å². The van der Waals surface area contributed by atoms with Gasteiger partial charge in [-0.25, -0.2) is 19.6 Å². The third-order valence-corrected chi connectivity index (χ3v) is 12.2. The van der Waals surface area contributed by atoms with Gasteiger partial charge in [-0.1, -0.05) is 77.9 Å². The van der Waals surface area contributed by atoms with E-state index in [1.54, 1.807) is 4.90 Å². The van der Waals surface area contributed by atoms with Gasteiger partial charge in [-0.05, 0) is 83.0 Å². The van der Waals surface area contributed by atoms with E-state index in [1.807, 2.05) is 49.6 Å². The Labute approximate surface area is 344 Å². The van der Waals surface area contributed by atoms with Crippen LogP contribution < -0.4 is 5.32 Å². The molecule has 59 heavy (non-hydrogen) atoms. The highest BCUT2D eigenvalue weighted by atomic mass is 16.6. The lowest BCUT2D eigenvalue weighted by Gasteiger charge is -2.33. The van der Waals surface area contributed by atoms with Crippen LogP contribution in [0.5, 0.6) is 0 Å². The van der Waals surface area contributed by atoms with Crippen LogP contribution in [0.1, 0.15) is 78.1 Å². The Morgan fingerprint density at radius 1 is 0.746 bits per heavy atom. The van der Waals surface area contributed by atoms with Crippen molar-refractivity contribution in [2.75, 3.05) is 33.4 Å². The predicted octanol–water partition coefficient (Wildman–Crippen LogP) is 7.45. The fraction of sp³-hybridized carbons (Fsp3) is 0.467. The zero-order valence-electron chi connectivity index (χ0n) is 34.8. The molecule has 0 unspecified atom stereocenters. The van der Waals surface area contributed by atoms with Crippen molar-refractivity contribution in [2.24, 2.45) is 23.7 Å². The number of benzene rings is 3. The number of rotatable bonds is 10. The van der Waals surface area contributed by atoms with Crippen LogP contribution in [0, 0.1) is 23.7 Å². The monoisotopic (exact) mass is 802 g/mol. The number of hydrogen-bond acceptors (Lipinski definition) is 8. The second-order valence-corrected chi connectivity index (χ2v) is 17.3. The minimum absolute atomic E-state index is 0.0606. The Hall–Kier alpha value is -5.92. The average molecular weight is 803 g/mol. The molecule has 8 rings (SSSR count). The topological polar surface area (TPSA) is 166 Å². The molecule has 0 radical (unpaired) electrons. The van der Waals surface area contributed by atoms with Crippen molar-refractivity contribution >= 4 is 46.1 Å². The Morgan fingerprint density at radius 3 is 1.68 bits per heavy atom. The summed E-state index contributed by atoms with van der Waals surface area (Å²) in [6, 6.07) is 19.1. The lowest BCUT2D eigenvalue weighted by Crippen LogP contribution is -2.51. The van der Waals surface area contributed by atoms with E-state index in [1.165, 1.54) is 7.11 Å². The highest BCUT2D eigenvalue weighted by molar-refractivity contribution is 5.89. The first-order chi connectivity index (χ1) is 28.3. The first-order valence-electron chi connectivity index (χ1n) is 20.8. The second-order valence-electron chi connectivity index (χ2n) is 17.3. The fourth-order valence-electron chi connectivity index (χ4n) is 9.16. The number of aromatic amines is 2. The number of likely N-dealkylation sites (tertiary alicyclic amines) is 2. The molecule has 2 aromatic heterocycles. The Bertz CT molecular complexity index is 2390. The summed E-state index contributed by atoms with van der Waals surface area (Å²) in [7, 11) is 1.30. The summed E-state index contributed by atoms with van der Waals surface area (Å²) >= 11 is 0. The van der Waals surface area contributed by atoms with Crippen molar-refractivity contribution in [1.29, 1.82) is 0 Å². The van der Waals surface area contributed by atoms with Gasteiger partial charge in [-0.2, -0.15) is 0 Å². The van der Waals surface area contributed by atoms with E-state index in [0.29, 0.717) is 32.2 Å². The van der Waals surface area contributed by atoms with E-state index in [9.17, 15) is 19.2 Å². The van der Waals surface area contributed by atoms with Crippen LogP contribution in [-0.2, 0) is 19.1 Å². The number of ether oxygens (including phenoxy) is 2. The molecule has 0 bridgehead atoms. The van der Waals surface area contributed by atoms with Crippen LogP contribution in [-0.4, -0.2) is 104 Å². The highest BCUT2D eigenvalue weighted by Crippen LogP contribution is 2.39. The minimum Gasteiger partial charge on any atom is -0.453 e. The zero-order chi connectivity index (χ0) is 41.7. The largest absolute Gasteiger partial charge is 0.453 e. The van der Waals surface area contributed by atoms with Crippen molar-refractivity contribution in [1.82, 2.24) is 40.0 Å². The van der Waals surface area contributed by atoms with Crippen LogP contribution in [0.3, 0.4) is 0 Å². The molecule has 0 spiro atoms. The van der Waals surface area contributed by atoms with Gasteiger partial charge in [0.2, 0.25) is 11.8 Å². The third-order valence-electron chi connectivity index (χ3n) is 12.2. The van der Waals surface area contributed by atoms with E-state index in [2.05, 4.69) is 77.7 Å². The summed E-state index contributed by atoms with van der Waals surface area (Å²) in [6.45, 7) is 13.9. The number of fused-ring (bicyclic) bond motifs is 2. The second kappa shape index (κ2) is 16.0. The van der Waals surface area contributed by atoms with Gasteiger partial charge in [0.25, 0.3) is 0 Å². The molecule has 5 heterocycles. The van der Waals surface area contributed by atoms with Gasteiger partial charge in [-0.3, -0.25) is 14.5 Å². The van der Waals surface area contributed by atoms with Crippen LogP contribution in [0.2, 0.25) is 0 Å². The molecule has 14 nitrogen and oxygen atoms in total. The Kier molecular flexibility index (Phi) is 10.8. The van der Waals surface area contributed by atoms with Gasteiger partial charge in [0.15, 0.2) is 0 Å². The number of amides is 4. The molecule has 14 heteroatoms. The van der Waals surface area contributed by atoms with Crippen LogP contribution in [0.4, 0.5) is 9.59 Å². The molecule has 0 saturated carbocycles. The summed E-state index contributed by atoms with van der Waals surface area (Å²) in [5.74, 6) is 1.68. The smallest absolute Gasteiger partial charge is 0.410 e. The van der Waals surface area contributed by atoms with Crippen molar-refractivity contribution in [3.05, 3.63) is 72.3 Å². The lowest BCUT2D eigenvalue weighted by atomic mass is 10.00. The van der Waals surface area contributed by atoms with E-state index in [4.69, 9.17) is 19.4 Å². The summed E-state index contributed by atoms with van der Waals surface area (Å²) in [5, 5.41) is 2.72. The number of carbonyl (C=O) groups is 4. The van der Waals surface area contributed by atoms with Gasteiger partial charge in [0.05, 0.1) is 47.8 Å². The van der Waals surface area contributed by atoms with Crippen LogP contribution in [0.25, 0.3) is 44.3 Å². The summed E-state index contributed by atoms with van der Waals surface area (Å²) in [6.07, 6.45) is 0.500. The Morgan fingerprint density at radius 2 is 1.24 bits per heavy atom. The maximum absolute atomic E-state index is 14.1. The van der Waals surface area contributed by atoms with Gasteiger partial charge in [0.1, 0.15) is 30.3 Å². The number of imidazole rings is 2. The number of methoxy groups -OCH3 is 1. The van der Waals surface area contributed by atoms with E-state index >= 15 is 0 Å². The molecular formula is C45H54N8O6. The normalized spacial score (nSPS) is 21.8. The van der Waals surface area contributed by atoms with Gasteiger partial charge < -0.3 is 34.6 Å². The number of nitrogens with zero attached hydrogens (tertiary/aromatic N) is 5.